The van der Waals surface area contributed by atoms with Gasteiger partial charge in [-0.3, -0.25) is 9.97 Å². The summed E-state index contributed by atoms with van der Waals surface area (Å²) in [5.41, 5.74) is 4.83. The molecule has 0 amide bonds. The summed E-state index contributed by atoms with van der Waals surface area (Å²) >= 11 is 0. The van der Waals surface area contributed by atoms with Crippen LogP contribution >= 0.6 is 0 Å². The molecule has 1 aliphatic rings. The van der Waals surface area contributed by atoms with Crippen LogP contribution in [0.1, 0.15) is 41.3 Å². The summed E-state index contributed by atoms with van der Waals surface area (Å²) < 4.78 is 0. The molecule has 1 saturated carbocycles. The summed E-state index contributed by atoms with van der Waals surface area (Å²) in [5.74, 6) is 0.719. The quantitative estimate of drug-likeness (QED) is 0.925. The van der Waals surface area contributed by atoms with E-state index in [9.17, 15) is 0 Å². The second kappa shape index (κ2) is 5.71. The van der Waals surface area contributed by atoms with Crippen molar-refractivity contribution >= 4 is 0 Å². The maximum Gasteiger partial charge on any atom is 0.0724 e. The minimum Gasteiger partial charge on any atom is -0.308 e. The van der Waals surface area contributed by atoms with Gasteiger partial charge in [-0.1, -0.05) is 29.8 Å². The molecular formula is C17H21N3. The molecule has 0 radical (unpaired) electrons. The SMILES string of the molecule is Cc1cccc(C2CC(NCc3cnc(C)cn3)C2)c1. The van der Waals surface area contributed by atoms with Crippen LogP contribution in [-0.2, 0) is 6.54 Å². The molecule has 0 spiro atoms. The molecule has 0 saturated heterocycles. The molecule has 0 atom stereocenters. The van der Waals surface area contributed by atoms with Crippen LogP contribution in [0.15, 0.2) is 36.7 Å². The van der Waals surface area contributed by atoms with Crippen LogP contribution in [0, 0.1) is 13.8 Å². The Morgan fingerprint density at radius 1 is 1.15 bits per heavy atom. The van der Waals surface area contributed by atoms with Gasteiger partial charge in [-0.05, 0) is 38.2 Å². The Balaban J connectivity index is 1.48. The topological polar surface area (TPSA) is 37.8 Å². The van der Waals surface area contributed by atoms with Crippen LogP contribution in [0.25, 0.3) is 0 Å². The average molecular weight is 267 g/mol. The Morgan fingerprint density at radius 3 is 2.70 bits per heavy atom. The van der Waals surface area contributed by atoms with E-state index < -0.39 is 0 Å². The van der Waals surface area contributed by atoms with Crippen molar-refractivity contribution in [2.75, 3.05) is 0 Å². The van der Waals surface area contributed by atoms with E-state index in [1.807, 2.05) is 19.3 Å². The van der Waals surface area contributed by atoms with E-state index in [1.165, 1.54) is 24.0 Å². The van der Waals surface area contributed by atoms with Gasteiger partial charge in [0.05, 0.1) is 11.4 Å². The molecule has 20 heavy (non-hydrogen) atoms. The molecule has 1 aromatic heterocycles. The highest BCUT2D eigenvalue weighted by atomic mass is 15.0. The first-order valence-electron chi connectivity index (χ1n) is 7.28. The number of aryl methyl sites for hydroxylation is 2. The van der Waals surface area contributed by atoms with Gasteiger partial charge in [-0.25, -0.2) is 0 Å². The number of nitrogens with zero attached hydrogens (tertiary/aromatic N) is 2. The average Bonchev–Trinajstić information content (AvgIpc) is 2.39. The van der Waals surface area contributed by atoms with Gasteiger partial charge in [0.25, 0.3) is 0 Å². The molecule has 3 heteroatoms. The number of aromatic nitrogens is 2. The summed E-state index contributed by atoms with van der Waals surface area (Å²) in [4.78, 5) is 8.64. The predicted molar refractivity (Wildman–Crippen MR) is 80.6 cm³/mol. The lowest BCUT2D eigenvalue weighted by molar-refractivity contribution is 0.288. The van der Waals surface area contributed by atoms with E-state index >= 15 is 0 Å². The Labute approximate surface area is 120 Å². The summed E-state index contributed by atoms with van der Waals surface area (Å²) in [6.45, 7) is 4.94. The zero-order chi connectivity index (χ0) is 13.9. The second-order valence-electron chi connectivity index (χ2n) is 5.81. The largest absolute Gasteiger partial charge is 0.308 e. The lowest BCUT2D eigenvalue weighted by Crippen LogP contribution is -2.39. The minimum absolute atomic E-state index is 0.614. The van der Waals surface area contributed by atoms with Gasteiger partial charge < -0.3 is 5.32 Å². The smallest absolute Gasteiger partial charge is 0.0724 e. The third-order valence-corrected chi connectivity index (χ3v) is 4.06. The molecule has 2 aromatic rings. The van der Waals surface area contributed by atoms with E-state index in [0.29, 0.717) is 6.04 Å². The van der Waals surface area contributed by atoms with Crippen LogP contribution < -0.4 is 5.32 Å². The highest BCUT2D eigenvalue weighted by molar-refractivity contribution is 5.27. The molecule has 1 aromatic carbocycles. The standard InChI is InChI=1S/C17H21N3/c1-12-4-3-5-14(6-12)15-7-16(8-15)20-11-17-10-18-13(2)9-19-17/h3-6,9-10,15-16,20H,7-8,11H2,1-2H3. The van der Waals surface area contributed by atoms with Crippen LogP contribution in [0.4, 0.5) is 0 Å². The zero-order valence-corrected chi connectivity index (χ0v) is 12.1. The van der Waals surface area contributed by atoms with Crippen molar-refractivity contribution in [3.63, 3.8) is 0 Å². The van der Waals surface area contributed by atoms with Gasteiger partial charge in [0.1, 0.15) is 0 Å². The van der Waals surface area contributed by atoms with Crippen molar-refractivity contribution in [2.24, 2.45) is 0 Å². The lowest BCUT2D eigenvalue weighted by Gasteiger charge is -2.36. The molecule has 0 bridgehead atoms. The van der Waals surface area contributed by atoms with Gasteiger partial charge in [0.15, 0.2) is 0 Å². The fourth-order valence-corrected chi connectivity index (χ4v) is 2.74. The molecular weight excluding hydrogens is 246 g/mol. The molecule has 3 nitrogen and oxygen atoms in total. The Morgan fingerprint density at radius 2 is 2.00 bits per heavy atom. The molecule has 1 N–H and O–H groups in total. The zero-order valence-electron chi connectivity index (χ0n) is 12.1. The van der Waals surface area contributed by atoms with Gasteiger partial charge in [-0.2, -0.15) is 0 Å². The highest BCUT2D eigenvalue weighted by Crippen LogP contribution is 2.37. The van der Waals surface area contributed by atoms with E-state index in [4.69, 9.17) is 0 Å². The van der Waals surface area contributed by atoms with Gasteiger partial charge in [0, 0.05) is 25.0 Å². The van der Waals surface area contributed by atoms with Crippen molar-refractivity contribution in [3.05, 3.63) is 59.2 Å². The van der Waals surface area contributed by atoms with E-state index in [0.717, 1.165) is 23.9 Å². The minimum atomic E-state index is 0.614. The number of hydrogen-bond acceptors (Lipinski definition) is 3. The first-order chi connectivity index (χ1) is 9.70. The van der Waals surface area contributed by atoms with E-state index in [2.05, 4.69) is 46.5 Å². The summed E-state index contributed by atoms with van der Waals surface area (Å²) in [6, 6.07) is 9.50. The molecule has 1 aliphatic carbocycles. The van der Waals surface area contributed by atoms with Gasteiger partial charge in [0.2, 0.25) is 0 Å². The maximum absolute atomic E-state index is 4.37. The monoisotopic (exact) mass is 267 g/mol. The molecule has 1 heterocycles. The van der Waals surface area contributed by atoms with Crippen LogP contribution in [0.5, 0.6) is 0 Å². The first kappa shape index (κ1) is 13.3. The molecule has 3 rings (SSSR count). The Kier molecular flexibility index (Phi) is 3.79. The van der Waals surface area contributed by atoms with Crippen molar-refractivity contribution in [3.8, 4) is 0 Å². The number of hydrogen-bond donors (Lipinski definition) is 1. The van der Waals surface area contributed by atoms with Crippen molar-refractivity contribution in [1.29, 1.82) is 0 Å². The third-order valence-electron chi connectivity index (χ3n) is 4.06. The highest BCUT2D eigenvalue weighted by Gasteiger charge is 2.29. The first-order valence-corrected chi connectivity index (χ1v) is 7.28. The van der Waals surface area contributed by atoms with E-state index in [1.54, 1.807) is 0 Å². The van der Waals surface area contributed by atoms with Crippen LogP contribution in [-0.4, -0.2) is 16.0 Å². The molecule has 0 aliphatic heterocycles. The van der Waals surface area contributed by atoms with Crippen molar-refractivity contribution in [2.45, 2.75) is 45.2 Å². The van der Waals surface area contributed by atoms with Crippen LogP contribution in [0.2, 0.25) is 0 Å². The normalized spacial score (nSPS) is 21.5. The fourth-order valence-electron chi connectivity index (χ4n) is 2.74. The molecule has 1 fully saturated rings. The van der Waals surface area contributed by atoms with Crippen LogP contribution in [0.3, 0.4) is 0 Å². The van der Waals surface area contributed by atoms with Crippen molar-refractivity contribution < 1.29 is 0 Å². The lowest BCUT2D eigenvalue weighted by atomic mass is 9.75. The van der Waals surface area contributed by atoms with E-state index in [-0.39, 0.29) is 0 Å². The molecule has 0 unspecified atom stereocenters. The Hall–Kier alpha value is -1.74. The van der Waals surface area contributed by atoms with Gasteiger partial charge in [-0.15, -0.1) is 0 Å². The fraction of sp³-hybridized carbons (Fsp3) is 0.412. The Bertz CT molecular complexity index is 571. The second-order valence-corrected chi connectivity index (χ2v) is 5.81. The number of rotatable bonds is 4. The number of nitrogens with one attached hydrogen (secondary N) is 1. The van der Waals surface area contributed by atoms with Crippen molar-refractivity contribution in [1.82, 2.24) is 15.3 Å². The molecule has 104 valence electrons. The van der Waals surface area contributed by atoms with Gasteiger partial charge >= 0.3 is 0 Å². The summed E-state index contributed by atoms with van der Waals surface area (Å²) in [6.07, 6.45) is 6.14. The summed E-state index contributed by atoms with van der Waals surface area (Å²) in [5, 5.41) is 3.57. The predicted octanol–water partition coefficient (Wildman–Crippen LogP) is 3.13. The number of benzene rings is 1. The summed E-state index contributed by atoms with van der Waals surface area (Å²) in [7, 11) is 0. The third kappa shape index (κ3) is 3.05. The maximum atomic E-state index is 4.37.